The quantitative estimate of drug-likeness (QED) is 0.270. The molecule has 1 unspecified atom stereocenters. The predicted molar refractivity (Wildman–Crippen MR) is 106 cm³/mol. The molecular formula is C22H45NO2. The Morgan fingerprint density at radius 2 is 1.08 bits per heavy atom. The minimum atomic E-state index is -0.870. The van der Waals surface area contributed by atoms with Gasteiger partial charge in [0.2, 0.25) is 0 Å². The van der Waals surface area contributed by atoms with Crippen molar-refractivity contribution in [3.63, 3.8) is 0 Å². The second kappa shape index (κ2) is 13.6. The molecule has 0 saturated heterocycles. The van der Waals surface area contributed by atoms with Crippen LogP contribution >= 0.6 is 0 Å². The van der Waals surface area contributed by atoms with Gasteiger partial charge >= 0.3 is 0 Å². The number of hydrogen-bond acceptors (Lipinski definition) is 2. The van der Waals surface area contributed by atoms with Gasteiger partial charge in [-0.1, -0.05) is 84.5 Å². The Hall–Kier alpha value is -0.570. The van der Waals surface area contributed by atoms with Gasteiger partial charge in [0.1, 0.15) is 11.5 Å². The maximum absolute atomic E-state index is 11.9. The van der Waals surface area contributed by atoms with Gasteiger partial charge in [0.15, 0.2) is 0 Å². The molecule has 0 radical (unpaired) electrons. The molecule has 0 amide bonds. The molecule has 0 aliphatic carbocycles. The molecule has 3 heteroatoms. The van der Waals surface area contributed by atoms with E-state index in [4.69, 9.17) is 0 Å². The van der Waals surface area contributed by atoms with Crippen LogP contribution in [0.3, 0.4) is 0 Å². The lowest BCUT2D eigenvalue weighted by Crippen LogP contribution is -2.66. The molecule has 0 bridgehead atoms. The van der Waals surface area contributed by atoms with E-state index >= 15 is 0 Å². The summed E-state index contributed by atoms with van der Waals surface area (Å²) in [5, 5.41) is 11.9. The van der Waals surface area contributed by atoms with Gasteiger partial charge in [0.25, 0.3) is 0 Å². The number of aliphatic carboxylic acids is 1. The maximum Gasteiger partial charge on any atom is 0.139 e. The Bertz CT molecular complexity index is 335. The van der Waals surface area contributed by atoms with Gasteiger partial charge in [-0.3, -0.25) is 0 Å². The highest BCUT2D eigenvalue weighted by atomic mass is 16.4. The average Bonchev–Trinajstić information content (AvgIpc) is 2.53. The highest BCUT2D eigenvalue weighted by Crippen LogP contribution is 2.30. The lowest BCUT2D eigenvalue weighted by molar-refractivity contribution is -0.917. The van der Waals surface area contributed by atoms with Crippen molar-refractivity contribution in [3.05, 3.63) is 0 Å². The van der Waals surface area contributed by atoms with Crippen molar-refractivity contribution in [2.45, 2.75) is 116 Å². The van der Waals surface area contributed by atoms with Crippen molar-refractivity contribution in [2.24, 2.45) is 0 Å². The van der Waals surface area contributed by atoms with Gasteiger partial charge in [0, 0.05) is 12.8 Å². The monoisotopic (exact) mass is 355 g/mol. The standard InChI is InChI=1S/C22H45NO2/c1-6-8-9-10-11-12-13-14-15-16-17-18-20-22(19-7-2,21(24)25)23(3,4)5/h6-20H2,1-5H3. The molecule has 0 aromatic carbocycles. The molecule has 3 nitrogen and oxygen atoms in total. The number of carboxylic acids is 1. The summed E-state index contributed by atoms with van der Waals surface area (Å²) in [6.07, 6.45) is 18.0. The van der Waals surface area contributed by atoms with Crippen LogP contribution in [-0.4, -0.2) is 37.1 Å². The zero-order valence-corrected chi connectivity index (χ0v) is 17.9. The Balaban J connectivity index is 3.88. The van der Waals surface area contributed by atoms with E-state index in [1.165, 1.54) is 64.2 Å². The van der Waals surface area contributed by atoms with Crippen molar-refractivity contribution >= 4 is 5.97 Å². The van der Waals surface area contributed by atoms with Crippen LogP contribution in [0, 0.1) is 0 Å². The fourth-order valence-electron chi connectivity index (χ4n) is 3.95. The first-order valence-corrected chi connectivity index (χ1v) is 10.8. The number of unbranched alkanes of at least 4 members (excludes halogenated alkanes) is 11. The van der Waals surface area contributed by atoms with Gasteiger partial charge < -0.3 is 14.4 Å². The zero-order valence-electron chi connectivity index (χ0n) is 17.9. The van der Waals surface area contributed by atoms with E-state index in [2.05, 4.69) is 13.8 Å². The Labute approximate surface area is 157 Å². The van der Waals surface area contributed by atoms with Crippen molar-refractivity contribution in [1.82, 2.24) is 0 Å². The summed E-state index contributed by atoms with van der Waals surface area (Å²) < 4.78 is 0.460. The highest BCUT2D eigenvalue weighted by Gasteiger charge is 2.43. The van der Waals surface area contributed by atoms with E-state index in [1.54, 1.807) is 0 Å². The van der Waals surface area contributed by atoms with Crippen LogP contribution in [0.5, 0.6) is 0 Å². The van der Waals surface area contributed by atoms with Crippen molar-refractivity contribution in [3.8, 4) is 0 Å². The van der Waals surface area contributed by atoms with Crippen molar-refractivity contribution in [2.75, 3.05) is 21.1 Å². The summed E-state index contributed by atoms with van der Waals surface area (Å²) in [6, 6.07) is 0. The molecule has 150 valence electrons. The lowest BCUT2D eigenvalue weighted by atomic mass is 9.84. The van der Waals surface area contributed by atoms with Gasteiger partial charge in [-0.05, 0) is 12.8 Å². The molecule has 0 aliphatic rings. The number of carbonyl (C=O) groups excluding carboxylic acids is 1. The number of quaternary nitrogens is 1. The largest absolute Gasteiger partial charge is 0.544 e. The lowest BCUT2D eigenvalue weighted by Gasteiger charge is -2.47. The summed E-state index contributed by atoms with van der Waals surface area (Å²) >= 11 is 0. The Morgan fingerprint density at radius 3 is 1.40 bits per heavy atom. The summed E-state index contributed by atoms with van der Waals surface area (Å²) in [4.78, 5) is 11.9. The molecule has 0 rings (SSSR count). The van der Waals surface area contributed by atoms with Crippen LogP contribution in [0.1, 0.15) is 110 Å². The normalized spacial score (nSPS) is 14.4. The van der Waals surface area contributed by atoms with E-state index in [-0.39, 0.29) is 0 Å². The molecular weight excluding hydrogens is 310 g/mol. The number of carbonyl (C=O) groups is 1. The maximum atomic E-state index is 11.9. The summed E-state index contributed by atoms with van der Waals surface area (Å²) in [5.74, 6) is -0.870. The van der Waals surface area contributed by atoms with Crippen LogP contribution in [-0.2, 0) is 4.79 Å². The predicted octanol–water partition coefficient (Wildman–Crippen LogP) is 5.07. The number of nitrogens with zero attached hydrogens (tertiary/aromatic N) is 1. The average molecular weight is 356 g/mol. The van der Waals surface area contributed by atoms with E-state index < -0.39 is 11.5 Å². The third-order valence-electron chi connectivity index (χ3n) is 5.77. The van der Waals surface area contributed by atoms with Gasteiger partial charge in [-0.25, -0.2) is 0 Å². The van der Waals surface area contributed by atoms with Gasteiger partial charge in [-0.2, -0.15) is 0 Å². The Kier molecular flexibility index (Phi) is 13.3. The molecule has 0 aliphatic heterocycles. The molecule has 0 heterocycles. The van der Waals surface area contributed by atoms with Crippen LogP contribution in [0.2, 0.25) is 0 Å². The molecule has 0 saturated carbocycles. The minimum Gasteiger partial charge on any atom is -0.544 e. The molecule has 1 atom stereocenters. The smallest absolute Gasteiger partial charge is 0.139 e. The van der Waals surface area contributed by atoms with E-state index in [0.29, 0.717) is 10.9 Å². The van der Waals surface area contributed by atoms with E-state index in [9.17, 15) is 9.90 Å². The SMILES string of the molecule is CCCCCCCCCCCCCCC(CCC)(C(=O)[O-])[N+](C)(C)C. The fourth-order valence-corrected chi connectivity index (χ4v) is 3.95. The molecule has 0 aromatic rings. The van der Waals surface area contributed by atoms with E-state index in [0.717, 1.165) is 25.7 Å². The van der Waals surface area contributed by atoms with E-state index in [1.807, 2.05) is 21.1 Å². The zero-order chi connectivity index (χ0) is 19.2. The van der Waals surface area contributed by atoms with Crippen molar-refractivity contribution in [1.29, 1.82) is 0 Å². The molecule has 0 N–H and O–H groups in total. The van der Waals surface area contributed by atoms with Crippen LogP contribution in [0.25, 0.3) is 0 Å². The van der Waals surface area contributed by atoms with Crippen LogP contribution < -0.4 is 5.11 Å². The molecule has 25 heavy (non-hydrogen) atoms. The third-order valence-corrected chi connectivity index (χ3v) is 5.77. The number of hydrogen-bond donors (Lipinski definition) is 0. The highest BCUT2D eigenvalue weighted by molar-refractivity contribution is 5.75. The summed E-state index contributed by atoms with van der Waals surface area (Å²) in [7, 11) is 5.98. The first-order valence-electron chi connectivity index (χ1n) is 10.8. The topological polar surface area (TPSA) is 40.1 Å². The second-order valence-corrected chi connectivity index (χ2v) is 8.72. The van der Waals surface area contributed by atoms with Gasteiger partial charge in [-0.15, -0.1) is 0 Å². The first-order chi connectivity index (χ1) is 11.8. The number of rotatable bonds is 17. The third kappa shape index (κ3) is 9.63. The summed E-state index contributed by atoms with van der Waals surface area (Å²) in [6.45, 7) is 4.33. The van der Waals surface area contributed by atoms with Crippen molar-refractivity contribution < 1.29 is 14.4 Å². The number of carboxylic acid groups (broad SMARTS) is 1. The minimum absolute atomic E-state index is 0.460. The summed E-state index contributed by atoms with van der Waals surface area (Å²) in [5.41, 5.74) is -0.729. The fraction of sp³-hybridized carbons (Fsp3) is 0.955. The first kappa shape index (κ1) is 24.4. The van der Waals surface area contributed by atoms with Crippen LogP contribution in [0.4, 0.5) is 0 Å². The Morgan fingerprint density at radius 1 is 0.680 bits per heavy atom. The van der Waals surface area contributed by atoms with Crippen LogP contribution in [0.15, 0.2) is 0 Å². The molecule has 0 aromatic heterocycles. The number of likely N-dealkylation sites (N-methyl/N-ethyl adjacent to an activating group) is 1. The molecule has 0 fully saturated rings. The second-order valence-electron chi connectivity index (χ2n) is 8.72. The van der Waals surface area contributed by atoms with Gasteiger partial charge in [0.05, 0.1) is 21.1 Å². The molecule has 0 spiro atoms.